The average molecular weight is 228 g/mol. The van der Waals surface area contributed by atoms with Crippen LogP contribution in [0.4, 0.5) is 5.69 Å². The van der Waals surface area contributed by atoms with E-state index in [1.165, 1.54) is 11.3 Å². The Morgan fingerprint density at radius 1 is 1.59 bits per heavy atom. The molecule has 88 valence electrons. The van der Waals surface area contributed by atoms with Crippen molar-refractivity contribution < 1.29 is 4.79 Å². The van der Waals surface area contributed by atoms with Gasteiger partial charge in [0.1, 0.15) is 0 Å². The van der Waals surface area contributed by atoms with Crippen LogP contribution in [0, 0.1) is 17.2 Å². The molecule has 1 aliphatic heterocycles. The van der Waals surface area contributed by atoms with Crippen molar-refractivity contribution in [2.45, 2.75) is 19.8 Å². The first kappa shape index (κ1) is 11.7. The van der Waals surface area contributed by atoms with Crippen LogP contribution >= 0.6 is 0 Å². The molecule has 0 saturated carbocycles. The third kappa shape index (κ3) is 2.16. The van der Waals surface area contributed by atoms with Gasteiger partial charge >= 0.3 is 0 Å². The molecule has 1 aromatic carbocycles. The van der Waals surface area contributed by atoms with Crippen LogP contribution in [0.5, 0.6) is 0 Å². The van der Waals surface area contributed by atoms with Gasteiger partial charge in [-0.05, 0) is 30.2 Å². The van der Waals surface area contributed by atoms with Crippen LogP contribution in [0.2, 0.25) is 0 Å². The maximum atomic E-state index is 12.1. The molecule has 0 saturated heterocycles. The fourth-order valence-corrected chi connectivity index (χ4v) is 2.23. The highest BCUT2D eigenvalue weighted by atomic mass is 16.1. The van der Waals surface area contributed by atoms with E-state index in [1.807, 2.05) is 31.2 Å². The molecule has 3 heteroatoms. The molecule has 1 aromatic rings. The quantitative estimate of drug-likeness (QED) is 0.746. The van der Waals surface area contributed by atoms with Crippen molar-refractivity contribution in [1.82, 2.24) is 0 Å². The van der Waals surface area contributed by atoms with Crippen LogP contribution in [-0.4, -0.2) is 19.4 Å². The lowest BCUT2D eigenvalue weighted by molar-refractivity contribution is 0.0932. The van der Waals surface area contributed by atoms with Gasteiger partial charge in [-0.1, -0.05) is 6.92 Å². The molecule has 1 atom stereocenters. The average Bonchev–Trinajstić information content (AvgIpc) is 2.70. The molecule has 2 rings (SSSR count). The van der Waals surface area contributed by atoms with Crippen molar-refractivity contribution in [3.63, 3.8) is 0 Å². The highest BCUT2D eigenvalue weighted by molar-refractivity contribution is 5.98. The van der Waals surface area contributed by atoms with Gasteiger partial charge in [-0.25, -0.2) is 0 Å². The fraction of sp³-hybridized carbons (Fsp3) is 0.429. The zero-order chi connectivity index (χ0) is 12.4. The Labute approximate surface area is 102 Å². The van der Waals surface area contributed by atoms with Crippen molar-refractivity contribution in [3.05, 3.63) is 29.3 Å². The van der Waals surface area contributed by atoms with E-state index in [9.17, 15) is 4.79 Å². The summed E-state index contributed by atoms with van der Waals surface area (Å²) in [5.41, 5.74) is 3.19. The summed E-state index contributed by atoms with van der Waals surface area (Å²) in [5.74, 6) is -0.138. The van der Waals surface area contributed by atoms with E-state index >= 15 is 0 Å². The van der Waals surface area contributed by atoms with Gasteiger partial charge in [-0.2, -0.15) is 5.26 Å². The van der Waals surface area contributed by atoms with Gasteiger partial charge in [-0.3, -0.25) is 4.79 Å². The lowest BCUT2D eigenvalue weighted by Crippen LogP contribution is -2.13. The number of anilines is 1. The number of carbonyl (C=O) groups is 1. The molecular weight excluding hydrogens is 212 g/mol. The van der Waals surface area contributed by atoms with Gasteiger partial charge in [0, 0.05) is 37.2 Å². The normalized spacial score (nSPS) is 15.2. The first-order valence-electron chi connectivity index (χ1n) is 5.88. The molecule has 0 radical (unpaired) electrons. The minimum atomic E-state index is -0.211. The van der Waals surface area contributed by atoms with E-state index in [1.54, 1.807) is 0 Å². The molecule has 0 bridgehead atoms. The Hall–Kier alpha value is -1.82. The number of benzene rings is 1. The number of likely N-dealkylation sites (N-methyl/N-ethyl adjacent to an activating group) is 1. The summed E-state index contributed by atoms with van der Waals surface area (Å²) >= 11 is 0. The summed E-state index contributed by atoms with van der Waals surface area (Å²) in [4.78, 5) is 14.2. The standard InChI is InChI=1S/C14H16N2O/c1-10(5-7-15)14(17)12-3-4-13-11(9-12)6-8-16(13)2/h3-4,9-10H,5-6,8H2,1-2H3. The smallest absolute Gasteiger partial charge is 0.166 e. The fourth-order valence-electron chi connectivity index (χ4n) is 2.23. The van der Waals surface area contributed by atoms with E-state index in [-0.39, 0.29) is 18.1 Å². The topological polar surface area (TPSA) is 44.1 Å². The van der Waals surface area contributed by atoms with Crippen LogP contribution in [0.25, 0.3) is 0 Å². The Bertz CT molecular complexity index is 487. The predicted molar refractivity (Wildman–Crippen MR) is 67.1 cm³/mol. The van der Waals surface area contributed by atoms with Gasteiger partial charge in [-0.15, -0.1) is 0 Å². The van der Waals surface area contributed by atoms with Crippen LogP contribution in [0.3, 0.4) is 0 Å². The molecule has 1 heterocycles. The molecule has 3 nitrogen and oxygen atoms in total. The van der Waals surface area contributed by atoms with Crippen molar-refractivity contribution in [2.75, 3.05) is 18.5 Å². The molecular formula is C14H16N2O. The summed E-state index contributed by atoms with van der Waals surface area (Å²) in [7, 11) is 2.06. The second kappa shape index (κ2) is 4.58. The number of nitriles is 1. The van der Waals surface area contributed by atoms with Crippen LogP contribution in [0.1, 0.15) is 29.3 Å². The lowest BCUT2D eigenvalue weighted by Gasteiger charge is -2.12. The van der Waals surface area contributed by atoms with Crippen molar-refractivity contribution in [3.8, 4) is 6.07 Å². The van der Waals surface area contributed by atoms with Gasteiger partial charge in [0.2, 0.25) is 0 Å². The maximum absolute atomic E-state index is 12.1. The molecule has 1 aliphatic rings. The van der Waals surface area contributed by atoms with E-state index in [2.05, 4.69) is 11.9 Å². The van der Waals surface area contributed by atoms with Crippen molar-refractivity contribution in [1.29, 1.82) is 5.26 Å². The highest BCUT2D eigenvalue weighted by Gasteiger charge is 2.20. The third-order valence-corrected chi connectivity index (χ3v) is 3.34. The van der Waals surface area contributed by atoms with Crippen molar-refractivity contribution >= 4 is 11.5 Å². The molecule has 0 aliphatic carbocycles. The first-order valence-corrected chi connectivity index (χ1v) is 5.88. The zero-order valence-corrected chi connectivity index (χ0v) is 10.2. The number of ketones is 1. The summed E-state index contributed by atoms with van der Waals surface area (Å²) < 4.78 is 0. The number of hydrogen-bond donors (Lipinski definition) is 0. The summed E-state index contributed by atoms with van der Waals surface area (Å²) in [6.45, 7) is 2.83. The molecule has 0 N–H and O–H groups in total. The second-order valence-electron chi connectivity index (χ2n) is 4.64. The van der Waals surface area contributed by atoms with E-state index < -0.39 is 0 Å². The van der Waals surface area contributed by atoms with E-state index in [0.29, 0.717) is 0 Å². The number of carbonyl (C=O) groups excluding carboxylic acids is 1. The van der Waals surface area contributed by atoms with Gasteiger partial charge in [0.15, 0.2) is 5.78 Å². The van der Waals surface area contributed by atoms with Gasteiger partial charge in [0.05, 0.1) is 6.07 Å². The number of rotatable bonds is 3. The summed E-state index contributed by atoms with van der Waals surface area (Å²) in [6.07, 6.45) is 1.29. The number of nitrogens with zero attached hydrogens (tertiary/aromatic N) is 2. The van der Waals surface area contributed by atoms with Gasteiger partial charge < -0.3 is 4.90 Å². The predicted octanol–water partition coefficient (Wildman–Crippen LogP) is 2.41. The Morgan fingerprint density at radius 3 is 3.06 bits per heavy atom. The van der Waals surface area contributed by atoms with Gasteiger partial charge in [0.25, 0.3) is 0 Å². The molecule has 1 unspecified atom stereocenters. The Kier molecular flexibility index (Phi) is 3.14. The second-order valence-corrected chi connectivity index (χ2v) is 4.64. The van der Waals surface area contributed by atoms with Crippen LogP contribution < -0.4 is 4.90 Å². The molecule has 0 spiro atoms. The molecule has 17 heavy (non-hydrogen) atoms. The minimum Gasteiger partial charge on any atom is -0.374 e. The Morgan fingerprint density at radius 2 is 2.35 bits per heavy atom. The SMILES string of the molecule is CC(CC#N)C(=O)c1ccc2c(c1)CCN2C. The molecule has 0 aromatic heterocycles. The number of hydrogen-bond acceptors (Lipinski definition) is 3. The first-order chi connectivity index (χ1) is 8.13. The number of Topliss-reactive ketones (excluding diaryl/α,β-unsaturated/α-hetero) is 1. The largest absolute Gasteiger partial charge is 0.374 e. The van der Waals surface area contributed by atoms with Crippen LogP contribution in [-0.2, 0) is 6.42 Å². The summed E-state index contributed by atoms with van der Waals surface area (Å²) in [5, 5.41) is 8.61. The molecule has 0 fully saturated rings. The third-order valence-electron chi connectivity index (χ3n) is 3.34. The maximum Gasteiger partial charge on any atom is 0.166 e. The van der Waals surface area contributed by atoms with Crippen molar-refractivity contribution in [2.24, 2.45) is 5.92 Å². The Balaban J connectivity index is 2.24. The van der Waals surface area contributed by atoms with Crippen LogP contribution in [0.15, 0.2) is 18.2 Å². The van der Waals surface area contributed by atoms with E-state index in [4.69, 9.17) is 5.26 Å². The molecule has 0 amide bonds. The van der Waals surface area contributed by atoms with E-state index in [0.717, 1.165) is 18.5 Å². The number of fused-ring (bicyclic) bond motifs is 1. The minimum absolute atomic E-state index is 0.0731. The lowest BCUT2D eigenvalue weighted by atomic mass is 9.95. The summed E-state index contributed by atoms with van der Waals surface area (Å²) in [6, 6.07) is 7.91. The monoisotopic (exact) mass is 228 g/mol. The zero-order valence-electron chi connectivity index (χ0n) is 10.2. The highest BCUT2D eigenvalue weighted by Crippen LogP contribution is 2.28.